The van der Waals surface area contributed by atoms with Crippen molar-refractivity contribution in [2.75, 3.05) is 10.6 Å². The van der Waals surface area contributed by atoms with Crippen molar-refractivity contribution in [3.05, 3.63) is 71.9 Å². The van der Waals surface area contributed by atoms with Crippen LogP contribution in [0, 0.1) is 5.92 Å². The second kappa shape index (κ2) is 9.47. The maximum absolute atomic E-state index is 12.6. The fourth-order valence-corrected chi connectivity index (χ4v) is 3.68. The van der Waals surface area contributed by atoms with Crippen LogP contribution < -0.4 is 15.4 Å². The molecule has 0 bridgehead atoms. The van der Waals surface area contributed by atoms with E-state index in [1.54, 1.807) is 25.2 Å². The highest BCUT2D eigenvalue weighted by Gasteiger charge is 2.24. The molecule has 1 aliphatic carbocycles. The number of carbonyl (C=O) groups excluding carboxylic acids is 2. The molecule has 1 heterocycles. The van der Waals surface area contributed by atoms with E-state index >= 15 is 0 Å². The summed E-state index contributed by atoms with van der Waals surface area (Å²) in [6.07, 6.45) is 4.02. The number of nitrogens with one attached hydrogen (secondary N) is 2. The lowest BCUT2D eigenvalue weighted by Crippen LogP contribution is -2.21. The van der Waals surface area contributed by atoms with Gasteiger partial charge < -0.3 is 15.4 Å². The van der Waals surface area contributed by atoms with Crippen molar-refractivity contribution in [1.82, 2.24) is 9.78 Å². The number of hydrogen-bond acceptors (Lipinski definition) is 4. The zero-order valence-corrected chi connectivity index (χ0v) is 17.5. The Morgan fingerprint density at radius 1 is 1.03 bits per heavy atom. The van der Waals surface area contributed by atoms with Gasteiger partial charge in [0.25, 0.3) is 5.91 Å². The van der Waals surface area contributed by atoms with Gasteiger partial charge in [-0.1, -0.05) is 43.2 Å². The lowest BCUT2D eigenvalue weighted by atomic mass is 10.1. The second-order valence-electron chi connectivity index (χ2n) is 7.76. The van der Waals surface area contributed by atoms with E-state index in [2.05, 4.69) is 15.7 Å². The molecule has 160 valence electrons. The number of benzene rings is 2. The van der Waals surface area contributed by atoms with Crippen LogP contribution in [-0.4, -0.2) is 21.6 Å². The van der Waals surface area contributed by atoms with Crippen LogP contribution >= 0.6 is 0 Å². The molecule has 31 heavy (non-hydrogen) atoms. The van der Waals surface area contributed by atoms with Gasteiger partial charge in [-0.3, -0.25) is 14.3 Å². The number of aryl methyl sites for hydroxylation is 1. The smallest absolute Gasteiger partial charge is 0.276 e. The molecule has 3 aromatic rings. The first-order valence-electron chi connectivity index (χ1n) is 10.5. The van der Waals surface area contributed by atoms with E-state index in [-0.39, 0.29) is 23.4 Å². The number of anilines is 2. The van der Waals surface area contributed by atoms with Crippen LogP contribution in [0.1, 0.15) is 41.7 Å². The molecule has 4 rings (SSSR count). The highest BCUT2D eigenvalue weighted by atomic mass is 16.5. The summed E-state index contributed by atoms with van der Waals surface area (Å²) in [5, 5.41) is 9.95. The van der Waals surface area contributed by atoms with Gasteiger partial charge in [0.2, 0.25) is 5.91 Å². The molecule has 0 spiro atoms. The van der Waals surface area contributed by atoms with Gasteiger partial charge in [-0.25, -0.2) is 0 Å². The quantitative estimate of drug-likeness (QED) is 0.596. The van der Waals surface area contributed by atoms with Crippen molar-refractivity contribution in [2.24, 2.45) is 13.0 Å². The van der Waals surface area contributed by atoms with Crippen LogP contribution in [-0.2, 0) is 18.4 Å². The highest BCUT2D eigenvalue weighted by Crippen LogP contribution is 2.26. The zero-order valence-electron chi connectivity index (χ0n) is 17.5. The van der Waals surface area contributed by atoms with Crippen LogP contribution in [0.5, 0.6) is 5.75 Å². The molecule has 7 heteroatoms. The monoisotopic (exact) mass is 418 g/mol. The summed E-state index contributed by atoms with van der Waals surface area (Å²) in [5.74, 6) is 0.951. The average molecular weight is 418 g/mol. The van der Waals surface area contributed by atoms with Crippen molar-refractivity contribution in [3.8, 4) is 5.75 Å². The molecule has 1 fully saturated rings. The molecular formula is C24H26N4O3. The summed E-state index contributed by atoms with van der Waals surface area (Å²) >= 11 is 0. The fraction of sp³-hybridized carbons (Fsp3) is 0.292. The Kier molecular flexibility index (Phi) is 6.31. The predicted octanol–water partition coefficient (Wildman–Crippen LogP) is 4.38. The van der Waals surface area contributed by atoms with E-state index < -0.39 is 0 Å². The van der Waals surface area contributed by atoms with Gasteiger partial charge in [0, 0.05) is 24.7 Å². The third-order valence-corrected chi connectivity index (χ3v) is 5.45. The number of nitrogens with zero attached hydrogens (tertiary/aromatic N) is 2. The molecule has 0 atom stereocenters. The molecular weight excluding hydrogens is 392 g/mol. The van der Waals surface area contributed by atoms with E-state index in [1.165, 1.54) is 4.68 Å². The van der Waals surface area contributed by atoms with Crippen LogP contribution in [0.4, 0.5) is 11.5 Å². The zero-order chi connectivity index (χ0) is 21.6. The van der Waals surface area contributed by atoms with E-state index in [9.17, 15) is 9.59 Å². The van der Waals surface area contributed by atoms with Crippen LogP contribution in [0.2, 0.25) is 0 Å². The molecule has 0 saturated heterocycles. The summed E-state index contributed by atoms with van der Waals surface area (Å²) in [5.41, 5.74) is 1.97. The van der Waals surface area contributed by atoms with Gasteiger partial charge in [0.05, 0.1) is 0 Å². The van der Waals surface area contributed by atoms with Crippen molar-refractivity contribution in [1.29, 1.82) is 0 Å². The number of aromatic nitrogens is 2. The van der Waals surface area contributed by atoms with Crippen LogP contribution in [0.15, 0.2) is 60.7 Å². The molecule has 7 nitrogen and oxygen atoms in total. The number of carbonyl (C=O) groups is 2. The van der Waals surface area contributed by atoms with Gasteiger partial charge in [0.1, 0.15) is 18.2 Å². The van der Waals surface area contributed by atoms with E-state index in [0.717, 1.165) is 37.0 Å². The Balaban J connectivity index is 1.33. The third-order valence-electron chi connectivity index (χ3n) is 5.45. The maximum Gasteiger partial charge on any atom is 0.276 e. The molecule has 0 unspecified atom stereocenters. The summed E-state index contributed by atoms with van der Waals surface area (Å²) in [6, 6.07) is 18.7. The van der Waals surface area contributed by atoms with Crippen molar-refractivity contribution in [2.45, 2.75) is 32.3 Å². The summed E-state index contributed by atoms with van der Waals surface area (Å²) in [7, 11) is 1.71. The molecule has 2 aromatic carbocycles. The third kappa shape index (κ3) is 5.31. The lowest BCUT2D eigenvalue weighted by Gasteiger charge is -2.09. The first kappa shape index (κ1) is 20.7. The summed E-state index contributed by atoms with van der Waals surface area (Å²) in [4.78, 5) is 24.9. The molecule has 1 aromatic heterocycles. The van der Waals surface area contributed by atoms with Crippen molar-refractivity contribution >= 4 is 23.3 Å². The van der Waals surface area contributed by atoms with Crippen molar-refractivity contribution in [3.63, 3.8) is 0 Å². The standard InChI is InChI=1S/C24H26N4O3/c1-28-22(26-23(29)18-9-5-6-10-18)15-21(27-28)24(30)25-19-11-13-20(14-12-19)31-16-17-7-3-2-4-8-17/h2-4,7-8,11-15,18H,5-6,9-10,16H2,1H3,(H,25,30)(H,26,29). The summed E-state index contributed by atoms with van der Waals surface area (Å²) in [6.45, 7) is 0.482. The average Bonchev–Trinajstić information content (AvgIpc) is 3.45. The fourth-order valence-electron chi connectivity index (χ4n) is 3.68. The minimum absolute atomic E-state index is 0.00134. The minimum atomic E-state index is -0.338. The normalized spacial score (nSPS) is 13.7. The number of hydrogen-bond donors (Lipinski definition) is 2. The maximum atomic E-state index is 12.6. The topological polar surface area (TPSA) is 85.2 Å². The van der Waals surface area contributed by atoms with E-state index in [4.69, 9.17) is 4.74 Å². The van der Waals surface area contributed by atoms with Gasteiger partial charge >= 0.3 is 0 Å². The highest BCUT2D eigenvalue weighted by molar-refractivity contribution is 6.04. The van der Waals surface area contributed by atoms with Crippen LogP contribution in [0.25, 0.3) is 0 Å². The lowest BCUT2D eigenvalue weighted by molar-refractivity contribution is -0.119. The predicted molar refractivity (Wildman–Crippen MR) is 119 cm³/mol. The molecule has 0 radical (unpaired) electrons. The van der Waals surface area contributed by atoms with Gasteiger partial charge in [-0.15, -0.1) is 0 Å². The Morgan fingerprint density at radius 3 is 2.45 bits per heavy atom. The first-order valence-corrected chi connectivity index (χ1v) is 10.5. The number of rotatable bonds is 7. The van der Waals surface area contributed by atoms with Gasteiger partial charge in [-0.2, -0.15) is 5.10 Å². The Bertz CT molecular complexity index is 1040. The van der Waals surface area contributed by atoms with Gasteiger partial charge in [0.15, 0.2) is 5.69 Å². The van der Waals surface area contributed by atoms with E-state index in [1.807, 2.05) is 42.5 Å². The second-order valence-corrected chi connectivity index (χ2v) is 7.76. The molecule has 2 amide bonds. The Morgan fingerprint density at radius 2 is 1.74 bits per heavy atom. The van der Waals surface area contributed by atoms with Crippen LogP contribution in [0.3, 0.4) is 0 Å². The number of amides is 2. The SMILES string of the molecule is Cn1nc(C(=O)Nc2ccc(OCc3ccccc3)cc2)cc1NC(=O)C1CCCC1. The number of ether oxygens (including phenoxy) is 1. The van der Waals surface area contributed by atoms with Crippen molar-refractivity contribution < 1.29 is 14.3 Å². The summed E-state index contributed by atoms with van der Waals surface area (Å²) < 4.78 is 7.28. The molecule has 1 saturated carbocycles. The largest absolute Gasteiger partial charge is 0.489 e. The van der Waals surface area contributed by atoms with E-state index in [0.29, 0.717) is 18.1 Å². The minimum Gasteiger partial charge on any atom is -0.489 e. The Hall–Kier alpha value is -3.61. The first-order chi connectivity index (χ1) is 15.1. The molecule has 0 aliphatic heterocycles. The Labute approximate surface area is 181 Å². The molecule has 2 N–H and O–H groups in total. The molecule has 1 aliphatic rings. The van der Waals surface area contributed by atoms with Gasteiger partial charge in [-0.05, 0) is 42.7 Å².